The standard InChI is InChI=1S/C22H19NO3/c1-23-19-11-7-6-10-17(19)21(18-13-12-16(25-2)14-20(18)23)22(24)26-15-8-4-3-5-9-15/h3-14,21H,1-2H3. The Morgan fingerprint density at radius 1 is 0.846 bits per heavy atom. The SMILES string of the molecule is COc1ccc2c(c1)N(C)c1ccccc1C2C(=O)Oc1ccccc1. The third-order valence-electron chi connectivity index (χ3n) is 4.72. The first kappa shape index (κ1) is 16.2. The third-order valence-corrected chi connectivity index (χ3v) is 4.72. The van der Waals surface area contributed by atoms with Gasteiger partial charge in [0.15, 0.2) is 0 Å². The van der Waals surface area contributed by atoms with Gasteiger partial charge >= 0.3 is 5.97 Å². The van der Waals surface area contributed by atoms with Crippen molar-refractivity contribution in [1.29, 1.82) is 0 Å². The van der Waals surface area contributed by atoms with Crippen molar-refractivity contribution in [2.24, 2.45) is 0 Å². The van der Waals surface area contributed by atoms with Crippen molar-refractivity contribution >= 4 is 17.3 Å². The monoisotopic (exact) mass is 345 g/mol. The highest BCUT2D eigenvalue weighted by Gasteiger charge is 2.35. The summed E-state index contributed by atoms with van der Waals surface area (Å²) in [7, 11) is 3.63. The fraction of sp³-hybridized carbons (Fsp3) is 0.136. The molecule has 3 aromatic carbocycles. The molecule has 0 saturated heterocycles. The number of hydrogen-bond donors (Lipinski definition) is 0. The molecule has 1 heterocycles. The van der Waals surface area contributed by atoms with E-state index in [4.69, 9.17) is 9.47 Å². The van der Waals surface area contributed by atoms with Crippen LogP contribution in [0.25, 0.3) is 0 Å². The lowest BCUT2D eigenvalue weighted by molar-refractivity contribution is -0.135. The average Bonchev–Trinajstić information content (AvgIpc) is 2.69. The Morgan fingerprint density at radius 3 is 2.31 bits per heavy atom. The van der Waals surface area contributed by atoms with Gasteiger partial charge in [0, 0.05) is 24.5 Å². The molecule has 0 aromatic heterocycles. The van der Waals surface area contributed by atoms with E-state index in [0.717, 1.165) is 28.3 Å². The lowest BCUT2D eigenvalue weighted by atomic mass is 9.85. The minimum absolute atomic E-state index is 0.289. The predicted octanol–water partition coefficient (Wildman–Crippen LogP) is 4.51. The minimum atomic E-state index is -0.483. The number of nitrogens with zero attached hydrogens (tertiary/aromatic N) is 1. The molecule has 1 aliphatic heterocycles. The summed E-state index contributed by atoms with van der Waals surface area (Å²) >= 11 is 0. The lowest BCUT2D eigenvalue weighted by Crippen LogP contribution is -2.28. The van der Waals surface area contributed by atoms with Crippen molar-refractivity contribution in [3.63, 3.8) is 0 Å². The van der Waals surface area contributed by atoms with Gasteiger partial charge in [-0.3, -0.25) is 4.79 Å². The number of rotatable bonds is 3. The zero-order chi connectivity index (χ0) is 18.1. The zero-order valence-corrected chi connectivity index (χ0v) is 14.7. The van der Waals surface area contributed by atoms with Gasteiger partial charge in [-0.2, -0.15) is 0 Å². The summed E-state index contributed by atoms with van der Waals surface area (Å²) < 4.78 is 11.0. The molecule has 26 heavy (non-hydrogen) atoms. The van der Waals surface area contributed by atoms with Crippen molar-refractivity contribution in [2.45, 2.75) is 5.92 Å². The van der Waals surface area contributed by atoms with E-state index in [9.17, 15) is 4.79 Å². The van der Waals surface area contributed by atoms with Crippen LogP contribution in [0, 0.1) is 0 Å². The molecule has 130 valence electrons. The Labute approximate surface area is 152 Å². The van der Waals surface area contributed by atoms with Gasteiger partial charge in [0.1, 0.15) is 17.4 Å². The number of para-hydroxylation sites is 2. The number of carbonyl (C=O) groups excluding carboxylic acids is 1. The van der Waals surface area contributed by atoms with E-state index in [1.54, 1.807) is 19.2 Å². The fourth-order valence-electron chi connectivity index (χ4n) is 3.44. The maximum atomic E-state index is 13.1. The van der Waals surface area contributed by atoms with Crippen LogP contribution in [0.15, 0.2) is 72.8 Å². The molecule has 3 aromatic rings. The summed E-state index contributed by atoms with van der Waals surface area (Å²) in [6, 6.07) is 22.9. The second kappa shape index (κ2) is 6.56. The van der Waals surface area contributed by atoms with Gasteiger partial charge in [-0.25, -0.2) is 0 Å². The summed E-state index contributed by atoms with van der Waals surface area (Å²) in [6.07, 6.45) is 0. The van der Waals surface area contributed by atoms with Crippen LogP contribution in [0.3, 0.4) is 0 Å². The Kier molecular flexibility index (Phi) is 4.09. The molecule has 0 fully saturated rings. The number of ether oxygens (including phenoxy) is 2. The molecule has 4 rings (SSSR count). The highest BCUT2D eigenvalue weighted by Crippen LogP contribution is 2.46. The molecule has 1 aliphatic rings. The topological polar surface area (TPSA) is 38.8 Å². The predicted molar refractivity (Wildman–Crippen MR) is 101 cm³/mol. The fourth-order valence-corrected chi connectivity index (χ4v) is 3.44. The largest absolute Gasteiger partial charge is 0.497 e. The Hall–Kier alpha value is -3.27. The number of methoxy groups -OCH3 is 1. The Morgan fingerprint density at radius 2 is 1.54 bits per heavy atom. The van der Waals surface area contributed by atoms with Crippen molar-refractivity contribution in [3.8, 4) is 11.5 Å². The molecule has 4 nitrogen and oxygen atoms in total. The van der Waals surface area contributed by atoms with E-state index >= 15 is 0 Å². The number of anilines is 2. The maximum Gasteiger partial charge on any atom is 0.323 e. The van der Waals surface area contributed by atoms with Crippen LogP contribution < -0.4 is 14.4 Å². The maximum absolute atomic E-state index is 13.1. The number of esters is 1. The molecule has 1 unspecified atom stereocenters. The van der Waals surface area contributed by atoms with Crippen LogP contribution in [0.2, 0.25) is 0 Å². The van der Waals surface area contributed by atoms with Crippen LogP contribution in [0.4, 0.5) is 11.4 Å². The van der Waals surface area contributed by atoms with Crippen LogP contribution in [-0.4, -0.2) is 20.1 Å². The summed E-state index contributed by atoms with van der Waals surface area (Å²) in [6.45, 7) is 0. The van der Waals surface area contributed by atoms with Gasteiger partial charge in [-0.1, -0.05) is 42.5 Å². The van der Waals surface area contributed by atoms with E-state index in [1.165, 1.54) is 0 Å². The second-order valence-electron chi connectivity index (χ2n) is 6.21. The molecule has 0 radical (unpaired) electrons. The first-order chi connectivity index (χ1) is 12.7. The summed E-state index contributed by atoms with van der Waals surface area (Å²) in [4.78, 5) is 15.2. The first-order valence-corrected chi connectivity index (χ1v) is 8.46. The molecule has 1 atom stereocenters. The number of benzene rings is 3. The van der Waals surface area contributed by atoms with E-state index < -0.39 is 5.92 Å². The molecule has 0 aliphatic carbocycles. The highest BCUT2D eigenvalue weighted by atomic mass is 16.5. The van der Waals surface area contributed by atoms with Crippen LogP contribution >= 0.6 is 0 Å². The summed E-state index contributed by atoms with van der Waals surface area (Å²) in [5, 5.41) is 0. The van der Waals surface area contributed by atoms with Crippen LogP contribution in [0.1, 0.15) is 17.0 Å². The van der Waals surface area contributed by atoms with E-state index in [2.05, 4.69) is 4.90 Å². The quantitative estimate of drug-likeness (QED) is 0.517. The van der Waals surface area contributed by atoms with E-state index in [-0.39, 0.29) is 5.97 Å². The Balaban J connectivity index is 1.81. The van der Waals surface area contributed by atoms with E-state index in [1.807, 2.05) is 67.7 Å². The number of fused-ring (bicyclic) bond motifs is 2. The van der Waals surface area contributed by atoms with Gasteiger partial charge in [0.25, 0.3) is 0 Å². The molecule has 0 amide bonds. The van der Waals surface area contributed by atoms with E-state index in [0.29, 0.717) is 5.75 Å². The summed E-state index contributed by atoms with van der Waals surface area (Å²) in [5.41, 5.74) is 3.78. The van der Waals surface area contributed by atoms with Gasteiger partial charge in [0.2, 0.25) is 0 Å². The van der Waals surface area contributed by atoms with Crippen LogP contribution in [-0.2, 0) is 4.79 Å². The van der Waals surface area contributed by atoms with Crippen molar-refractivity contribution in [1.82, 2.24) is 0 Å². The number of carbonyl (C=O) groups is 1. The third kappa shape index (κ3) is 2.69. The molecular formula is C22H19NO3. The first-order valence-electron chi connectivity index (χ1n) is 8.46. The number of hydrogen-bond acceptors (Lipinski definition) is 4. The molecule has 0 saturated carbocycles. The molecule has 4 heteroatoms. The minimum Gasteiger partial charge on any atom is -0.497 e. The second-order valence-corrected chi connectivity index (χ2v) is 6.21. The Bertz CT molecular complexity index is 953. The average molecular weight is 345 g/mol. The van der Waals surface area contributed by atoms with Gasteiger partial charge < -0.3 is 14.4 Å². The van der Waals surface area contributed by atoms with Crippen LogP contribution in [0.5, 0.6) is 11.5 Å². The molecule has 0 bridgehead atoms. The molecule has 0 spiro atoms. The van der Waals surface area contributed by atoms with Crippen molar-refractivity contribution in [3.05, 3.63) is 83.9 Å². The van der Waals surface area contributed by atoms with Crippen molar-refractivity contribution < 1.29 is 14.3 Å². The van der Waals surface area contributed by atoms with Gasteiger partial charge in [0.05, 0.1) is 7.11 Å². The normalized spacial score (nSPS) is 15.0. The van der Waals surface area contributed by atoms with Crippen molar-refractivity contribution in [2.75, 3.05) is 19.1 Å². The van der Waals surface area contributed by atoms with Gasteiger partial charge in [-0.05, 0) is 35.4 Å². The smallest absolute Gasteiger partial charge is 0.323 e. The lowest BCUT2D eigenvalue weighted by Gasteiger charge is -2.34. The molecular weight excluding hydrogens is 326 g/mol. The molecule has 0 N–H and O–H groups in total. The zero-order valence-electron chi connectivity index (χ0n) is 14.7. The van der Waals surface area contributed by atoms with Gasteiger partial charge in [-0.15, -0.1) is 0 Å². The highest BCUT2D eigenvalue weighted by molar-refractivity contribution is 5.92. The summed E-state index contributed by atoms with van der Waals surface area (Å²) in [5.74, 6) is 0.529.